The molecule has 0 radical (unpaired) electrons. The Balaban J connectivity index is 1.62. The van der Waals surface area contributed by atoms with Crippen LogP contribution < -0.4 is 5.32 Å². The highest BCUT2D eigenvalue weighted by atomic mass is 16.2. The van der Waals surface area contributed by atoms with Gasteiger partial charge < -0.3 is 15.1 Å². The quantitative estimate of drug-likeness (QED) is 0.797. The number of amides is 3. The van der Waals surface area contributed by atoms with Crippen molar-refractivity contribution in [1.29, 1.82) is 0 Å². The summed E-state index contributed by atoms with van der Waals surface area (Å²) in [7, 11) is 0. The summed E-state index contributed by atoms with van der Waals surface area (Å²) in [5, 5.41) is 2.78. The second kappa shape index (κ2) is 5.55. The van der Waals surface area contributed by atoms with Crippen LogP contribution in [-0.2, 0) is 27.2 Å². The molecule has 6 heteroatoms. The highest BCUT2D eigenvalue weighted by Gasteiger charge is 2.22. The van der Waals surface area contributed by atoms with Gasteiger partial charge in [0, 0.05) is 31.9 Å². The molecule has 0 saturated carbocycles. The molecule has 1 N–H and O–H groups in total. The Kier molecular flexibility index (Phi) is 3.60. The van der Waals surface area contributed by atoms with Crippen molar-refractivity contribution in [2.75, 3.05) is 31.5 Å². The van der Waals surface area contributed by atoms with E-state index in [2.05, 4.69) is 5.32 Å². The minimum absolute atomic E-state index is 0.00142. The van der Waals surface area contributed by atoms with Gasteiger partial charge in [-0.2, -0.15) is 0 Å². The predicted octanol–water partition coefficient (Wildman–Crippen LogP) is 0.0243. The van der Waals surface area contributed by atoms with Crippen LogP contribution in [0.4, 0.5) is 5.69 Å². The molecule has 2 heterocycles. The molecule has 0 aromatic heterocycles. The fourth-order valence-electron chi connectivity index (χ4n) is 2.76. The third-order valence-corrected chi connectivity index (χ3v) is 3.97. The molecule has 0 atom stereocenters. The number of anilines is 1. The smallest absolute Gasteiger partial charge is 0.228 e. The van der Waals surface area contributed by atoms with Crippen molar-refractivity contribution in [2.24, 2.45) is 0 Å². The second-order valence-electron chi connectivity index (χ2n) is 5.42. The SMILES string of the molecule is O=CN1CCN(C(=O)Cc2ccc3c(c2)CC(=O)N3)CC1. The molecule has 1 fully saturated rings. The minimum Gasteiger partial charge on any atom is -0.342 e. The molecule has 21 heavy (non-hydrogen) atoms. The fourth-order valence-corrected chi connectivity index (χ4v) is 2.76. The molecule has 0 spiro atoms. The van der Waals surface area contributed by atoms with E-state index in [9.17, 15) is 14.4 Å². The van der Waals surface area contributed by atoms with Gasteiger partial charge >= 0.3 is 0 Å². The molecule has 3 rings (SSSR count). The Hall–Kier alpha value is -2.37. The largest absolute Gasteiger partial charge is 0.342 e. The van der Waals surface area contributed by atoms with Gasteiger partial charge in [-0.15, -0.1) is 0 Å². The van der Waals surface area contributed by atoms with Crippen LogP contribution in [0.2, 0.25) is 0 Å². The number of carbonyl (C=O) groups is 3. The van der Waals surface area contributed by atoms with Gasteiger partial charge in [0.1, 0.15) is 0 Å². The third kappa shape index (κ3) is 2.89. The van der Waals surface area contributed by atoms with Crippen LogP contribution in [0.25, 0.3) is 0 Å². The van der Waals surface area contributed by atoms with E-state index in [0.717, 1.165) is 23.2 Å². The number of hydrogen-bond acceptors (Lipinski definition) is 3. The van der Waals surface area contributed by atoms with E-state index in [1.807, 2.05) is 18.2 Å². The first kappa shape index (κ1) is 13.6. The molecule has 1 aromatic carbocycles. The molecular formula is C15H17N3O3. The predicted molar refractivity (Wildman–Crippen MR) is 76.7 cm³/mol. The number of benzene rings is 1. The van der Waals surface area contributed by atoms with E-state index < -0.39 is 0 Å². The lowest BCUT2D eigenvalue weighted by Crippen LogP contribution is -2.48. The van der Waals surface area contributed by atoms with E-state index in [1.54, 1.807) is 9.80 Å². The molecule has 2 aliphatic heterocycles. The van der Waals surface area contributed by atoms with Gasteiger partial charge in [0.05, 0.1) is 12.8 Å². The van der Waals surface area contributed by atoms with Crippen LogP contribution in [-0.4, -0.2) is 54.2 Å². The number of nitrogens with zero attached hydrogens (tertiary/aromatic N) is 2. The Morgan fingerprint density at radius 3 is 2.71 bits per heavy atom. The maximum absolute atomic E-state index is 12.3. The van der Waals surface area contributed by atoms with Crippen LogP contribution in [0, 0.1) is 0 Å². The van der Waals surface area contributed by atoms with Gasteiger partial charge in [0.25, 0.3) is 0 Å². The number of piperazine rings is 1. The van der Waals surface area contributed by atoms with Crippen molar-refractivity contribution in [2.45, 2.75) is 12.8 Å². The summed E-state index contributed by atoms with van der Waals surface area (Å²) in [4.78, 5) is 37.7. The molecule has 0 unspecified atom stereocenters. The molecule has 110 valence electrons. The number of rotatable bonds is 3. The molecule has 1 aromatic rings. The number of fused-ring (bicyclic) bond motifs is 1. The maximum Gasteiger partial charge on any atom is 0.228 e. The van der Waals surface area contributed by atoms with Crippen LogP contribution in [0.1, 0.15) is 11.1 Å². The van der Waals surface area contributed by atoms with Gasteiger partial charge in [0.15, 0.2) is 0 Å². The summed E-state index contributed by atoms with van der Waals surface area (Å²) in [6.45, 7) is 2.36. The first-order chi connectivity index (χ1) is 10.2. The monoisotopic (exact) mass is 287 g/mol. The van der Waals surface area contributed by atoms with E-state index in [-0.39, 0.29) is 11.8 Å². The van der Waals surface area contributed by atoms with Gasteiger partial charge in [0.2, 0.25) is 18.2 Å². The number of hydrogen-bond donors (Lipinski definition) is 1. The standard InChI is InChI=1S/C15H17N3O3/c19-10-17-3-5-18(6-4-17)15(21)8-11-1-2-13-12(7-11)9-14(20)16-13/h1-2,7,10H,3-6,8-9H2,(H,16,20). The lowest BCUT2D eigenvalue weighted by Gasteiger charge is -2.32. The lowest BCUT2D eigenvalue weighted by atomic mass is 10.1. The Morgan fingerprint density at radius 1 is 1.24 bits per heavy atom. The van der Waals surface area contributed by atoms with Gasteiger partial charge in [-0.05, 0) is 17.2 Å². The van der Waals surface area contributed by atoms with Crippen molar-refractivity contribution in [1.82, 2.24) is 9.80 Å². The summed E-state index contributed by atoms with van der Waals surface area (Å²) in [6.07, 6.45) is 1.55. The first-order valence-corrected chi connectivity index (χ1v) is 7.04. The van der Waals surface area contributed by atoms with Crippen LogP contribution in [0.5, 0.6) is 0 Å². The average Bonchev–Trinajstić information content (AvgIpc) is 2.86. The highest BCUT2D eigenvalue weighted by Crippen LogP contribution is 2.24. The summed E-state index contributed by atoms with van der Waals surface area (Å²) in [6, 6.07) is 5.66. The number of carbonyl (C=O) groups excluding carboxylic acids is 3. The zero-order valence-electron chi connectivity index (χ0n) is 11.7. The molecular weight excluding hydrogens is 270 g/mol. The normalized spacial score (nSPS) is 17.4. The Labute approximate surface area is 122 Å². The van der Waals surface area contributed by atoms with Crippen molar-refractivity contribution < 1.29 is 14.4 Å². The summed E-state index contributed by atoms with van der Waals surface area (Å²) in [5.74, 6) is 0.0660. The van der Waals surface area contributed by atoms with E-state index >= 15 is 0 Å². The van der Waals surface area contributed by atoms with E-state index in [1.165, 1.54) is 0 Å². The third-order valence-electron chi connectivity index (χ3n) is 3.97. The zero-order chi connectivity index (χ0) is 14.8. The first-order valence-electron chi connectivity index (χ1n) is 7.04. The van der Waals surface area contributed by atoms with Crippen molar-refractivity contribution in [3.8, 4) is 0 Å². The van der Waals surface area contributed by atoms with Crippen LogP contribution >= 0.6 is 0 Å². The Morgan fingerprint density at radius 2 is 2.00 bits per heavy atom. The molecule has 3 amide bonds. The molecule has 6 nitrogen and oxygen atoms in total. The van der Waals surface area contributed by atoms with Gasteiger partial charge in [-0.1, -0.05) is 12.1 Å². The summed E-state index contributed by atoms with van der Waals surface area (Å²) in [5.41, 5.74) is 2.72. The van der Waals surface area contributed by atoms with Crippen LogP contribution in [0.3, 0.4) is 0 Å². The van der Waals surface area contributed by atoms with Crippen molar-refractivity contribution in [3.63, 3.8) is 0 Å². The van der Waals surface area contributed by atoms with Gasteiger partial charge in [-0.3, -0.25) is 14.4 Å². The zero-order valence-corrected chi connectivity index (χ0v) is 11.7. The second-order valence-corrected chi connectivity index (χ2v) is 5.42. The Bertz CT molecular complexity index is 592. The van der Waals surface area contributed by atoms with Crippen LogP contribution in [0.15, 0.2) is 18.2 Å². The average molecular weight is 287 g/mol. The summed E-state index contributed by atoms with van der Waals surface area (Å²) < 4.78 is 0. The molecule has 2 aliphatic rings. The molecule has 0 aliphatic carbocycles. The highest BCUT2D eigenvalue weighted by molar-refractivity contribution is 5.99. The molecule has 0 bridgehead atoms. The maximum atomic E-state index is 12.3. The lowest BCUT2D eigenvalue weighted by molar-refractivity contribution is -0.134. The van der Waals surface area contributed by atoms with E-state index in [0.29, 0.717) is 39.0 Å². The summed E-state index contributed by atoms with van der Waals surface area (Å²) >= 11 is 0. The van der Waals surface area contributed by atoms with Crippen molar-refractivity contribution in [3.05, 3.63) is 29.3 Å². The minimum atomic E-state index is -0.00142. The number of nitrogens with one attached hydrogen (secondary N) is 1. The topological polar surface area (TPSA) is 69.7 Å². The molecule has 1 saturated heterocycles. The van der Waals surface area contributed by atoms with Gasteiger partial charge in [-0.25, -0.2) is 0 Å². The fraction of sp³-hybridized carbons (Fsp3) is 0.400. The van der Waals surface area contributed by atoms with Crippen molar-refractivity contribution >= 4 is 23.9 Å². The van der Waals surface area contributed by atoms with E-state index in [4.69, 9.17) is 0 Å².